The van der Waals surface area contributed by atoms with Crippen LogP contribution in [0.4, 0.5) is 0 Å². The van der Waals surface area contributed by atoms with Gasteiger partial charge >= 0.3 is 0 Å². The third-order valence-electron chi connectivity index (χ3n) is 1.21. The highest BCUT2D eigenvalue weighted by Gasteiger charge is 1.85. The highest BCUT2D eigenvalue weighted by atomic mass is 16.3. The largest absolute Gasteiger partial charge is 0.392 e. The van der Waals surface area contributed by atoms with E-state index in [4.69, 9.17) is 5.11 Å². The van der Waals surface area contributed by atoms with Gasteiger partial charge in [0.25, 0.3) is 0 Å². The summed E-state index contributed by atoms with van der Waals surface area (Å²) in [5.41, 5.74) is 1.91. The van der Waals surface area contributed by atoms with E-state index in [2.05, 4.69) is 6.92 Å². The second-order valence-electron chi connectivity index (χ2n) is 1.97. The zero-order valence-electron chi connectivity index (χ0n) is 5.17. The summed E-state index contributed by atoms with van der Waals surface area (Å²) in [4.78, 5) is 0. The number of hydrogen-bond acceptors (Lipinski definition) is 1. The molecule has 0 aliphatic rings. The van der Waals surface area contributed by atoms with Crippen LogP contribution >= 0.6 is 0 Å². The lowest BCUT2D eigenvalue weighted by Gasteiger charge is -1.93. The van der Waals surface area contributed by atoms with Crippen LogP contribution in [0.15, 0.2) is 24.3 Å². The monoisotopic (exact) mass is 121 g/mol. The van der Waals surface area contributed by atoms with Gasteiger partial charge in [-0.05, 0) is 18.1 Å². The first kappa shape index (κ1) is 6.30. The van der Waals surface area contributed by atoms with E-state index in [0.717, 1.165) is 11.1 Å². The van der Waals surface area contributed by atoms with Crippen molar-refractivity contribution in [3.63, 3.8) is 0 Å². The highest BCUT2D eigenvalue weighted by molar-refractivity contribution is 5.23. The van der Waals surface area contributed by atoms with Crippen molar-refractivity contribution >= 4 is 0 Å². The van der Waals surface area contributed by atoms with Gasteiger partial charge in [0.1, 0.15) is 0 Å². The van der Waals surface area contributed by atoms with Gasteiger partial charge in [0, 0.05) is 0 Å². The summed E-state index contributed by atoms with van der Waals surface area (Å²) in [7, 11) is 0. The molecule has 9 heavy (non-hydrogen) atoms. The van der Waals surface area contributed by atoms with E-state index in [1.165, 1.54) is 0 Å². The topological polar surface area (TPSA) is 20.2 Å². The molecule has 1 nitrogen and oxygen atoms in total. The van der Waals surface area contributed by atoms with Crippen molar-refractivity contribution < 1.29 is 5.11 Å². The van der Waals surface area contributed by atoms with Gasteiger partial charge in [0.05, 0.1) is 6.61 Å². The lowest BCUT2D eigenvalue weighted by Crippen LogP contribution is -1.80. The fourth-order valence-corrected chi connectivity index (χ4v) is 0.645. The van der Waals surface area contributed by atoms with Crippen LogP contribution in [0.2, 0.25) is 0 Å². The average molecular weight is 121 g/mol. The van der Waals surface area contributed by atoms with E-state index in [-0.39, 0.29) is 6.61 Å². The molecular weight excluding hydrogens is 112 g/mol. The first-order valence-corrected chi connectivity index (χ1v) is 2.84. The number of rotatable bonds is 1. The molecule has 0 saturated heterocycles. The predicted molar refractivity (Wildman–Crippen MR) is 36.8 cm³/mol. The van der Waals surface area contributed by atoms with Crippen molar-refractivity contribution in [3.05, 3.63) is 42.3 Å². The molecule has 1 aromatic carbocycles. The fourth-order valence-electron chi connectivity index (χ4n) is 0.645. The standard InChI is InChI=1S/C8H9O/c1-7-2-4-8(6-9)5-3-7/h2-5,9H,1,6H2. The first-order chi connectivity index (χ1) is 4.33. The average Bonchev–Trinajstić information content (AvgIpc) is 1.90. The van der Waals surface area contributed by atoms with Crippen molar-refractivity contribution in [2.45, 2.75) is 6.61 Å². The molecule has 0 aromatic heterocycles. The zero-order valence-corrected chi connectivity index (χ0v) is 5.17. The second-order valence-corrected chi connectivity index (χ2v) is 1.97. The Hall–Kier alpha value is -0.820. The number of hydrogen-bond donors (Lipinski definition) is 1. The third kappa shape index (κ3) is 1.54. The molecule has 0 heterocycles. The molecule has 1 radical (unpaired) electrons. The first-order valence-electron chi connectivity index (χ1n) is 2.84. The Morgan fingerprint density at radius 3 is 2.22 bits per heavy atom. The Bertz CT molecular complexity index is 176. The van der Waals surface area contributed by atoms with E-state index < -0.39 is 0 Å². The molecule has 0 spiro atoms. The Morgan fingerprint density at radius 1 is 1.22 bits per heavy atom. The maximum atomic E-state index is 8.61. The van der Waals surface area contributed by atoms with Gasteiger partial charge in [-0.15, -0.1) is 0 Å². The molecular formula is C8H9O. The minimum absolute atomic E-state index is 0.111. The summed E-state index contributed by atoms with van der Waals surface area (Å²) < 4.78 is 0. The van der Waals surface area contributed by atoms with Crippen LogP contribution in [-0.4, -0.2) is 5.11 Å². The minimum Gasteiger partial charge on any atom is -0.392 e. The maximum Gasteiger partial charge on any atom is 0.0681 e. The lowest BCUT2D eigenvalue weighted by molar-refractivity contribution is 0.282. The molecule has 0 aliphatic carbocycles. The van der Waals surface area contributed by atoms with Crippen molar-refractivity contribution in [1.29, 1.82) is 0 Å². The van der Waals surface area contributed by atoms with Crippen LogP contribution in [-0.2, 0) is 6.61 Å². The van der Waals surface area contributed by atoms with Crippen LogP contribution < -0.4 is 0 Å². The molecule has 0 amide bonds. The lowest BCUT2D eigenvalue weighted by atomic mass is 10.2. The van der Waals surface area contributed by atoms with Crippen LogP contribution in [0.1, 0.15) is 11.1 Å². The van der Waals surface area contributed by atoms with Crippen molar-refractivity contribution in [1.82, 2.24) is 0 Å². The van der Waals surface area contributed by atoms with Gasteiger partial charge in [0.2, 0.25) is 0 Å². The molecule has 0 bridgehead atoms. The fraction of sp³-hybridized carbons (Fsp3) is 0.125. The van der Waals surface area contributed by atoms with Gasteiger partial charge in [-0.1, -0.05) is 24.3 Å². The van der Waals surface area contributed by atoms with E-state index in [9.17, 15) is 0 Å². The van der Waals surface area contributed by atoms with Crippen molar-refractivity contribution in [2.24, 2.45) is 0 Å². The summed E-state index contributed by atoms with van der Waals surface area (Å²) >= 11 is 0. The van der Waals surface area contributed by atoms with E-state index in [0.29, 0.717) is 0 Å². The predicted octanol–water partition coefficient (Wildman–Crippen LogP) is 1.36. The highest BCUT2D eigenvalue weighted by Crippen LogP contribution is 2.01. The van der Waals surface area contributed by atoms with E-state index >= 15 is 0 Å². The zero-order chi connectivity index (χ0) is 6.69. The number of aliphatic hydroxyl groups is 1. The number of aliphatic hydroxyl groups excluding tert-OH is 1. The Labute approximate surface area is 55.0 Å². The van der Waals surface area contributed by atoms with Crippen molar-refractivity contribution in [3.8, 4) is 0 Å². The summed E-state index contributed by atoms with van der Waals surface area (Å²) in [6.07, 6.45) is 0. The van der Waals surface area contributed by atoms with Crippen LogP contribution in [0.25, 0.3) is 0 Å². The molecule has 1 N–H and O–H groups in total. The summed E-state index contributed by atoms with van der Waals surface area (Å²) in [6, 6.07) is 7.49. The van der Waals surface area contributed by atoms with E-state index in [1.54, 1.807) is 0 Å². The normalized spacial score (nSPS) is 9.56. The third-order valence-corrected chi connectivity index (χ3v) is 1.21. The Balaban J connectivity index is 2.88. The molecule has 1 rings (SSSR count). The molecule has 47 valence electrons. The molecule has 1 heteroatoms. The summed E-state index contributed by atoms with van der Waals surface area (Å²) in [6.45, 7) is 3.83. The van der Waals surface area contributed by atoms with Gasteiger partial charge in [-0.3, -0.25) is 0 Å². The van der Waals surface area contributed by atoms with Gasteiger partial charge < -0.3 is 5.11 Å². The molecule has 0 atom stereocenters. The van der Waals surface area contributed by atoms with Crippen LogP contribution in [0, 0.1) is 6.92 Å². The van der Waals surface area contributed by atoms with Crippen LogP contribution in [0.5, 0.6) is 0 Å². The van der Waals surface area contributed by atoms with E-state index in [1.807, 2.05) is 24.3 Å². The SMILES string of the molecule is [CH2]c1ccc(CO)cc1. The summed E-state index contributed by atoms with van der Waals surface area (Å²) in [5, 5.41) is 8.61. The number of benzene rings is 1. The van der Waals surface area contributed by atoms with Gasteiger partial charge in [0.15, 0.2) is 0 Å². The molecule has 0 fully saturated rings. The smallest absolute Gasteiger partial charge is 0.0681 e. The maximum absolute atomic E-state index is 8.61. The second kappa shape index (κ2) is 2.65. The molecule has 0 saturated carbocycles. The van der Waals surface area contributed by atoms with Crippen LogP contribution in [0.3, 0.4) is 0 Å². The minimum atomic E-state index is 0.111. The quantitative estimate of drug-likeness (QED) is 0.594. The Kier molecular flexibility index (Phi) is 1.85. The summed E-state index contributed by atoms with van der Waals surface area (Å²) in [5.74, 6) is 0. The Morgan fingerprint density at radius 2 is 1.78 bits per heavy atom. The van der Waals surface area contributed by atoms with Crippen molar-refractivity contribution in [2.75, 3.05) is 0 Å². The molecule has 1 aromatic rings. The molecule has 0 unspecified atom stereocenters. The van der Waals surface area contributed by atoms with Gasteiger partial charge in [-0.25, -0.2) is 0 Å². The molecule has 0 aliphatic heterocycles. The van der Waals surface area contributed by atoms with Gasteiger partial charge in [-0.2, -0.15) is 0 Å².